The Hall–Kier alpha value is -1.03. The highest BCUT2D eigenvalue weighted by Crippen LogP contribution is 2.29. The Bertz CT molecular complexity index is 390. The summed E-state index contributed by atoms with van der Waals surface area (Å²) < 4.78 is 0. The number of rotatable bonds is 4. The van der Waals surface area contributed by atoms with Gasteiger partial charge < -0.3 is 10.6 Å². The van der Waals surface area contributed by atoms with Crippen LogP contribution in [0.3, 0.4) is 0 Å². The second kappa shape index (κ2) is 5.08. The lowest BCUT2D eigenvalue weighted by Crippen LogP contribution is -2.36. The molecule has 0 saturated heterocycles. The third-order valence-corrected chi connectivity index (χ3v) is 4.59. The van der Waals surface area contributed by atoms with Gasteiger partial charge in [0.05, 0.1) is 4.88 Å². The Labute approximate surface area is 107 Å². The van der Waals surface area contributed by atoms with Crippen molar-refractivity contribution in [2.24, 2.45) is 5.92 Å². The van der Waals surface area contributed by atoms with Crippen LogP contribution in [0.5, 0.6) is 0 Å². The standard InChI is InChI=1S/C13H20N2OS/c1-3-15(8-10-5-4-6-10)13(16)12-7-11(14)9(2)17-12/h7,10H,3-6,8,14H2,1-2H3. The number of nitrogens with zero attached hydrogens (tertiary/aromatic N) is 1. The van der Waals surface area contributed by atoms with Crippen molar-refractivity contribution in [3.05, 3.63) is 15.8 Å². The Morgan fingerprint density at radius 1 is 1.59 bits per heavy atom. The average molecular weight is 252 g/mol. The molecule has 0 aromatic carbocycles. The molecule has 2 rings (SSSR count). The highest BCUT2D eigenvalue weighted by atomic mass is 32.1. The molecular weight excluding hydrogens is 232 g/mol. The summed E-state index contributed by atoms with van der Waals surface area (Å²) in [6.07, 6.45) is 3.87. The molecule has 1 amide bonds. The number of hydrogen-bond acceptors (Lipinski definition) is 3. The fraction of sp³-hybridized carbons (Fsp3) is 0.615. The summed E-state index contributed by atoms with van der Waals surface area (Å²) in [6, 6.07) is 1.81. The Morgan fingerprint density at radius 3 is 2.71 bits per heavy atom. The lowest BCUT2D eigenvalue weighted by molar-refractivity contribution is 0.0711. The minimum atomic E-state index is 0.143. The van der Waals surface area contributed by atoms with Crippen LogP contribution < -0.4 is 5.73 Å². The minimum Gasteiger partial charge on any atom is -0.398 e. The summed E-state index contributed by atoms with van der Waals surface area (Å²) in [5.41, 5.74) is 6.53. The number of carbonyl (C=O) groups excluding carboxylic acids is 1. The van der Waals surface area contributed by atoms with Crippen LogP contribution in [-0.4, -0.2) is 23.9 Å². The molecule has 3 nitrogen and oxygen atoms in total. The number of amides is 1. The van der Waals surface area contributed by atoms with E-state index >= 15 is 0 Å². The first-order valence-corrected chi connectivity index (χ1v) is 7.08. The maximum Gasteiger partial charge on any atom is 0.264 e. The van der Waals surface area contributed by atoms with Gasteiger partial charge in [0.15, 0.2) is 0 Å². The molecule has 1 fully saturated rings. The van der Waals surface area contributed by atoms with Crippen molar-refractivity contribution in [2.75, 3.05) is 18.8 Å². The summed E-state index contributed by atoms with van der Waals surface area (Å²) in [7, 11) is 0. The molecule has 0 unspecified atom stereocenters. The lowest BCUT2D eigenvalue weighted by atomic mass is 9.85. The lowest BCUT2D eigenvalue weighted by Gasteiger charge is -2.31. The van der Waals surface area contributed by atoms with Crippen molar-refractivity contribution in [1.82, 2.24) is 4.90 Å². The molecule has 1 aliphatic rings. The van der Waals surface area contributed by atoms with E-state index in [2.05, 4.69) is 0 Å². The van der Waals surface area contributed by atoms with Crippen LogP contribution in [0, 0.1) is 12.8 Å². The normalized spacial score (nSPS) is 15.6. The zero-order chi connectivity index (χ0) is 12.4. The van der Waals surface area contributed by atoms with E-state index in [0.29, 0.717) is 0 Å². The smallest absolute Gasteiger partial charge is 0.264 e. The van der Waals surface area contributed by atoms with E-state index in [1.165, 1.54) is 30.6 Å². The van der Waals surface area contributed by atoms with Gasteiger partial charge in [-0.3, -0.25) is 4.79 Å². The van der Waals surface area contributed by atoms with E-state index < -0.39 is 0 Å². The Morgan fingerprint density at radius 2 is 2.29 bits per heavy atom. The number of hydrogen-bond donors (Lipinski definition) is 1. The van der Waals surface area contributed by atoms with E-state index in [1.54, 1.807) is 0 Å². The van der Waals surface area contributed by atoms with Gasteiger partial charge in [-0.25, -0.2) is 0 Å². The molecule has 2 N–H and O–H groups in total. The molecule has 0 spiro atoms. The molecule has 1 aromatic heterocycles. The molecule has 94 valence electrons. The summed E-state index contributed by atoms with van der Waals surface area (Å²) >= 11 is 1.50. The van der Waals surface area contributed by atoms with Gasteiger partial charge in [-0.1, -0.05) is 6.42 Å². The monoisotopic (exact) mass is 252 g/mol. The molecule has 17 heavy (non-hydrogen) atoms. The molecule has 1 aliphatic carbocycles. The summed E-state index contributed by atoms with van der Waals surface area (Å²) in [5.74, 6) is 0.863. The molecule has 0 bridgehead atoms. The van der Waals surface area contributed by atoms with Crippen molar-refractivity contribution < 1.29 is 4.79 Å². The number of anilines is 1. The molecular formula is C13H20N2OS. The Balaban J connectivity index is 2.05. The van der Waals surface area contributed by atoms with Crippen molar-refractivity contribution >= 4 is 22.9 Å². The minimum absolute atomic E-state index is 0.143. The molecule has 4 heteroatoms. The largest absolute Gasteiger partial charge is 0.398 e. The molecule has 0 atom stereocenters. The van der Waals surface area contributed by atoms with Gasteiger partial charge >= 0.3 is 0 Å². The predicted octanol–water partition coefficient (Wildman–Crippen LogP) is 2.90. The van der Waals surface area contributed by atoms with Crippen LogP contribution in [0.15, 0.2) is 6.07 Å². The number of carbonyl (C=O) groups is 1. The van der Waals surface area contributed by atoms with Crippen LogP contribution in [0.1, 0.15) is 40.7 Å². The van der Waals surface area contributed by atoms with E-state index in [1.807, 2.05) is 24.8 Å². The number of aryl methyl sites for hydroxylation is 1. The predicted molar refractivity (Wildman–Crippen MR) is 72.4 cm³/mol. The highest BCUT2D eigenvalue weighted by molar-refractivity contribution is 7.14. The first kappa shape index (κ1) is 12.4. The van der Waals surface area contributed by atoms with Gasteiger partial charge in [0, 0.05) is 23.7 Å². The average Bonchev–Trinajstić information content (AvgIpc) is 2.57. The maximum atomic E-state index is 12.3. The number of nitrogens with two attached hydrogens (primary N) is 1. The zero-order valence-electron chi connectivity index (χ0n) is 10.5. The molecule has 1 aromatic rings. The zero-order valence-corrected chi connectivity index (χ0v) is 11.3. The number of nitrogen functional groups attached to an aromatic ring is 1. The van der Waals surface area contributed by atoms with Crippen LogP contribution in [0.25, 0.3) is 0 Å². The van der Waals surface area contributed by atoms with Crippen LogP contribution in [-0.2, 0) is 0 Å². The second-order valence-corrected chi connectivity index (χ2v) is 6.02. The maximum absolute atomic E-state index is 12.3. The molecule has 1 saturated carbocycles. The first-order valence-electron chi connectivity index (χ1n) is 6.27. The third-order valence-electron chi connectivity index (χ3n) is 3.54. The third kappa shape index (κ3) is 2.63. The van der Waals surface area contributed by atoms with Gasteiger partial charge in [0.2, 0.25) is 0 Å². The first-order chi connectivity index (χ1) is 8.11. The van der Waals surface area contributed by atoms with Crippen LogP contribution >= 0.6 is 11.3 Å². The summed E-state index contributed by atoms with van der Waals surface area (Å²) in [5, 5.41) is 0. The SMILES string of the molecule is CCN(CC1CCC1)C(=O)c1cc(N)c(C)s1. The van der Waals surface area contributed by atoms with Crippen molar-refractivity contribution in [3.63, 3.8) is 0 Å². The van der Waals surface area contributed by atoms with Crippen molar-refractivity contribution in [3.8, 4) is 0 Å². The fourth-order valence-corrected chi connectivity index (χ4v) is 3.01. The topological polar surface area (TPSA) is 46.3 Å². The summed E-state index contributed by atoms with van der Waals surface area (Å²) in [6.45, 7) is 5.69. The van der Waals surface area contributed by atoms with E-state index in [4.69, 9.17) is 5.73 Å². The van der Waals surface area contributed by atoms with E-state index in [9.17, 15) is 4.79 Å². The Kier molecular flexibility index (Phi) is 3.72. The van der Waals surface area contributed by atoms with Gasteiger partial charge in [-0.05, 0) is 38.7 Å². The van der Waals surface area contributed by atoms with Gasteiger partial charge in [0.1, 0.15) is 0 Å². The van der Waals surface area contributed by atoms with E-state index in [0.717, 1.165) is 34.4 Å². The van der Waals surface area contributed by atoms with Gasteiger partial charge in [0.25, 0.3) is 5.91 Å². The van der Waals surface area contributed by atoms with Gasteiger partial charge in [-0.15, -0.1) is 11.3 Å². The highest BCUT2D eigenvalue weighted by Gasteiger charge is 2.24. The molecule has 0 aliphatic heterocycles. The van der Waals surface area contributed by atoms with Crippen LogP contribution in [0.2, 0.25) is 0 Å². The summed E-state index contributed by atoms with van der Waals surface area (Å²) in [4.78, 5) is 16.1. The van der Waals surface area contributed by atoms with Crippen LogP contribution in [0.4, 0.5) is 5.69 Å². The number of thiophene rings is 1. The molecule has 1 heterocycles. The van der Waals surface area contributed by atoms with E-state index in [-0.39, 0.29) is 5.91 Å². The van der Waals surface area contributed by atoms with Crippen molar-refractivity contribution in [2.45, 2.75) is 33.1 Å². The molecule has 0 radical (unpaired) electrons. The van der Waals surface area contributed by atoms with Crippen molar-refractivity contribution in [1.29, 1.82) is 0 Å². The second-order valence-electron chi connectivity index (χ2n) is 4.76. The fourth-order valence-electron chi connectivity index (χ4n) is 2.10. The van der Waals surface area contributed by atoms with Gasteiger partial charge in [-0.2, -0.15) is 0 Å². The quantitative estimate of drug-likeness (QED) is 0.895.